The first-order valence-electron chi connectivity index (χ1n) is 6.04. The van der Waals surface area contributed by atoms with Crippen molar-refractivity contribution in [3.8, 4) is 0 Å². The fourth-order valence-electron chi connectivity index (χ4n) is 1.89. The summed E-state index contributed by atoms with van der Waals surface area (Å²) in [5.74, 6) is 0. The minimum atomic E-state index is 0.117. The lowest BCUT2D eigenvalue weighted by atomic mass is 10.00. The second-order valence-corrected chi connectivity index (χ2v) is 4.21. The molecular formula is C17H17N. The quantitative estimate of drug-likeness (QED) is 0.765. The molecule has 0 aliphatic rings. The van der Waals surface area contributed by atoms with Crippen molar-refractivity contribution in [2.45, 2.75) is 13.0 Å². The number of rotatable bonds is 4. The van der Waals surface area contributed by atoms with Gasteiger partial charge in [-0.05, 0) is 30.2 Å². The number of hydrogen-bond donors (Lipinski definition) is 1. The Morgan fingerprint density at radius 1 is 1.00 bits per heavy atom. The molecule has 18 heavy (non-hydrogen) atoms. The highest BCUT2D eigenvalue weighted by Crippen LogP contribution is 2.25. The van der Waals surface area contributed by atoms with Crippen molar-refractivity contribution in [1.29, 1.82) is 0 Å². The Labute approximate surface area is 108 Å². The number of nitrogens with one attached hydrogen (secondary N) is 1. The average Bonchev–Trinajstić information content (AvgIpc) is 2.46. The normalized spacial score (nSPS) is 11.4. The fraction of sp³-hybridized carbons (Fsp3) is 0.118. The number of hydrogen-bond acceptors (Lipinski definition) is 1. The van der Waals surface area contributed by atoms with Crippen LogP contribution in [-0.2, 0) is 0 Å². The van der Waals surface area contributed by atoms with Crippen LogP contribution < -0.4 is 5.32 Å². The standard InChI is InChI=1S/C17H17N/c1-3-14(2)17(15-10-6-4-7-11-15)18-16-12-8-5-9-13-16/h4-13,17-18H,1H2,2H3. The van der Waals surface area contributed by atoms with Gasteiger partial charge in [-0.2, -0.15) is 0 Å². The first kappa shape index (κ1) is 12.2. The number of anilines is 1. The largest absolute Gasteiger partial charge is 0.374 e. The monoisotopic (exact) mass is 235 g/mol. The third-order valence-electron chi connectivity index (χ3n) is 2.93. The van der Waals surface area contributed by atoms with E-state index in [1.807, 2.05) is 43.3 Å². The summed E-state index contributed by atoms with van der Waals surface area (Å²) in [7, 11) is 0. The maximum Gasteiger partial charge on any atom is 0.0798 e. The van der Waals surface area contributed by atoms with E-state index >= 15 is 0 Å². The zero-order valence-electron chi connectivity index (χ0n) is 10.6. The molecule has 1 N–H and O–H groups in total. The van der Waals surface area contributed by atoms with Gasteiger partial charge in [0.15, 0.2) is 0 Å². The Morgan fingerprint density at radius 2 is 1.56 bits per heavy atom. The summed E-state index contributed by atoms with van der Waals surface area (Å²) in [6.07, 6.45) is 0. The minimum absolute atomic E-state index is 0.117. The number of para-hydroxylation sites is 1. The summed E-state index contributed by atoms with van der Waals surface area (Å²) in [5.41, 5.74) is 6.39. The average molecular weight is 235 g/mol. The molecule has 90 valence electrons. The second kappa shape index (κ2) is 5.90. The van der Waals surface area contributed by atoms with Crippen molar-refractivity contribution < 1.29 is 0 Å². The molecule has 0 aliphatic heterocycles. The van der Waals surface area contributed by atoms with Gasteiger partial charge in [-0.1, -0.05) is 55.1 Å². The van der Waals surface area contributed by atoms with Crippen molar-refractivity contribution in [1.82, 2.24) is 0 Å². The SMILES string of the molecule is C=C=C(C)C(Nc1ccccc1)c1ccccc1. The summed E-state index contributed by atoms with van der Waals surface area (Å²) in [4.78, 5) is 0. The topological polar surface area (TPSA) is 12.0 Å². The molecular weight excluding hydrogens is 218 g/mol. The van der Waals surface area contributed by atoms with Gasteiger partial charge in [0.2, 0.25) is 0 Å². The van der Waals surface area contributed by atoms with E-state index in [1.165, 1.54) is 5.56 Å². The van der Waals surface area contributed by atoms with Gasteiger partial charge in [0.25, 0.3) is 0 Å². The van der Waals surface area contributed by atoms with E-state index in [0.29, 0.717) is 0 Å². The zero-order valence-corrected chi connectivity index (χ0v) is 10.6. The van der Waals surface area contributed by atoms with E-state index in [1.54, 1.807) is 0 Å². The van der Waals surface area contributed by atoms with Crippen molar-refractivity contribution in [3.05, 3.63) is 84.1 Å². The maximum atomic E-state index is 3.75. The van der Waals surface area contributed by atoms with Gasteiger partial charge >= 0.3 is 0 Å². The van der Waals surface area contributed by atoms with Gasteiger partial charge in [0.05, 0.1) is 6.04 Å². The second-order valence-electron chi connectivity index (χ2n) is 4.21. The van der Waals surface area contributed by atoms with Gasteiger partial charge in [-0.15, -0.1) is 5.73 Å². The molecule has 1 nitrogen and oxygen atoms in total. The highest BCUT2D eigenvalue weighted by molar-refractivity contribution is 5.47. The highest BCUT2D eigenvalue weighted by Gasteiger charge is 2.12. The van der Waals surface area contributed by atoms with E-state index < -0.39 is 0 Å². The van der Waals surface area contributed by atoms with E-state index in [9.17, 15) is 0 Å². The summed E-state index contributed by atoms with van der Waals surface area (Å²) in [6.45, 7) is 5.79. The molecule has 0 saturated carbocycles. The molecule has 0 amide bonds. The molecule has 2 rings (SSSR count). The molecule has 1 atom stereocenters. The van der Waals surface area contributed by atoms with E-state index in [0.717, 1.165) is 11.3 Å². The molecule has 0 aromatic heterocycles. The van der Waals surface area contributed by atoms with Crippen LogP contribution in [0, 0.1) is 0 Å². The van der Waals surface area contributed by atoms with Gasteiger partial charge in [-0.3, -0.25) is 0 Å². The van der Waals surface area contributed by atoms with Crippen LogP contribution in [0.5, 0.6) is 0 Å². The molecule has 0 aliphatic carbocycles. The van der Waals surface area contributed by atoms with Gasteiger partial charge in [-0.25, -0.2) is 0 Å². The molecule has 1 unspecified atom stereocenters. The van der Waals surface area contributed by atoms with Gasteiger partial charge in [0, 0.05) is 5.69 Å². The van der Waals surface area contributed by atoms with Crippen LogP contribution in [0.2, 0.25) is 0 Å². The highest BCUT2D eigenvalue weighted by atomic mass is 14.9. The molecule has 0 heterocycles. The third kappa shape index (κ3) is 2.91. The third-order valence-corrected chi connectivity index (χ3v) is 2.93. The first-order valence-corrected chi connectivity index (χ1v) is 6.04. The molecule has 2 aromatic rings. The maximum absolute atomic E-state index is 3.75. The van der Waals surface area contributed by atoms with Crippen molar-refractivity contribution in [2.24, 2.45) is 0 Å². The molecule has 0 spiro atoms. The summed E-state index contributed by atoms with van der Waals surface area (Å²) in [6, 6.07) is 20.6. The van der Waals surface area contributed by atoms with E-state index in [4.69, 9.17) is 0 Å². The fourth-order valence-corrected chi connectivity index (χ4v) is 1.89. The first-order chi connectivity index (χ1) is 8.81. The van der Waals surface area contributed by atoms with Crippen LogP contribution in [-0.4, -0.2) is 0 Å². The van der Waals surface area contributed by atoms with Crippen LogP contribution in [0.3, 0.4) is 0 Å². The smallest absolute Gasteiger partial charge is 0.0798 e. The number of benzene rings is 2. The lowest BCUT2D eigenvalue weighted by Gasteiger charge is -2.20. The van der Waals surface area contributed by atoms with Crippen molar-refractivity contribution >= 4 is 5.69 Å². The predicted molar refractivity (Wildman–Crippen MR) is 77.6 cm³/mol. The lowest BCUT2D eigenvalue weighted by molar-refractivity contribution is 0.914. The van der Waals surface area contributed by atoms with E-state index in [2.05, 4.69) is 41.9 Å². The van der Waals surface area contributed by atoms with Crippen LogP contribution in [0.25, 0.3) is 0 Å². The predicted octanol–water partition coefficient (Wildman–Crippen LogP) is 4.57. The Hall–Kier alpha value is -2.24. The summed E-state index contributed by atoms with van der Waals surface area (Å²) < 4.78 is 0. The van der Waals surface area contributed by atoms with Gasteiger partial charge in [0.1, 0.15) is 0 Å². The Kier molecular flexibility index (Phi) is 4.01. The molecule has 0 fully saturated rings. The van der Waals surface area contributed by atoms with Crippen LogP contribution in [0.1, 0.15) is 18.5 Å². The van der Waals surface area contributed by atoms with Crippen LogP contribution in [0.15, 0.2) is 78.5 Å². The Morgan fingerprint density at radius 3 is 2.11 bits per heavy atom. The molecule has 1 heteroatoms. The van der Waals surface area contributed by atoms with Gasteiger partial charge < -0.3 is 5.32 Å². The Bertz CT molecular complexity index is 536. The minimum Gasteiger partial charge on any atom is -0.374 e. The van der Waals surface area contributed by atoms with Crippen LogP contribution in [0.4, 0.5) is 5.69 Å². The van der Waals surface area contributed by atoms with Crippen molar-refractivity contribution in [3.63, 3.8) is 0 Å². The molecule has 0 radical (unpaired) electrons. The van der Waals surface area contributed by atoms with Crippen molar-refractivity contribution in [2.75, 3.05) is 5.32 Å². The molecule has 2 aromatic carbocycles. The summed E-state index contributed by atoms with van der Waals surface area (Å²) >= 11 is 0. The van der Waals surface area contributed by atoms with E-state index in [-0.39, 0.29) is 6.04 Å². The van der Waals surface area contributed by atoms with Crippen LogP contribution >= 0.6 is 0 Å². The molecule has 0 bridgehead atoms. The zero-order chi connectivity index (χ0) is 12.8. The molecule has 0 saturated heterocycles. The Balaban J connectivity index is 2.30. The summed E-state index contributed by atoms with van der Waals surface area (Å²) in [5, 5.41) is 3.51. The lowest BCUT2D eigenvalue weighted by Crippen LogP contribution is -2.11.